The van der Waals surface area contributed by atoms with Crippen molar-refractivity contribution >= 4 is 17.4 Å². The largest absolute Gasteiger partial charge is 0.349 e. The lowest BCUT2D eigenvalue weighted by molar-refractivity contribution is 0.0960. The second kappa shape index (κ2) is 6.57. The minimum absolute atomic E-state index is 0.0298. The first-order chi connectivity index (χ1) is 11.5. The number of carbonyl (C=O) groups excluding carboxylic acids is 1. The van der Waals surface area contributed by atoms with Crippen LogP contribution in [0.3, 0.4) is 0 Å². The van der Waals surface area contributed by atoms with Gasteiger partial charge >= 0.3 is 0 Å². The summed E-state index contributed by atoms with van der Waals surface area (Å²) in [6, 6.07) is 9.13. The van der Waals surface area contributed by atoms with Crippen LogP contribution in [0, 0.1) is 13.8 Å². The minimum atomic E-state index is -0.0298. The first kappa shape index (κ1) is 16.4. The smallest absolute Gasteiger partial charge is 0.204 e. The Balaban J connectivity index is 1.81. The molecule has 0 aliphatic rings. The summed E-state index contributed by atoms with van der Waals surface area (Å²) in [5.74, 6) is 0.419. The molecule has 0 amide bonds. The summed E-state index contributed by atoms with van der Waals surface area (Å²) in [5, 5.41) is 12.9. The van der Waals surface area contributed by atoms with E-state index in [2.05, 4.69) is 26.9 Å². The Hall–Kier alpha value is -2.47. The number of hydrogen-bond donors (Lipinski definition) is 0. The van der Waals surface area contributed by atoms with E-state index in [-0.39, 0.29) is 12.3 Å². The van der Waals surface area contributed by atoms with Crippen molar-refractivity contribution in [3.05, 3.63) is 52.3 Å². The number of nitrogens with zero attached hydrogens (tertiary/aromatic N) is 5. The number of rotatable bonds is 5. The van der Waals surface area contributed by atoms with Crippen molar-refractivity contribution in [3.63, 3.8) is 0 Å². The van der Waals surface area contributed by atoms with Crippen LogP contribution in [0.4, 0.5) is 0 Å². The van der Waals surface area contributed by atoms with E-state index in [9.17, 15) is 4.79 Å². The number of hydrogen-bond acceptors (Lipinski definition) is 4. The van der Waals surface area contributed by atoms with Gasteiger partial charge < -0.3 is 4.57 Å². The number of carbonyl (C=O) groups is 1. The zero-order chi connectivity index (χ0) is 17.3. The summed E-state index contributed by atoms with van der Waals surface area (Å²) >= 11 is 5.97. The van der Waals surface area contributed by atoms with Crippen LogP contribution < -0.4 is 0 Å². The molecule has 3 rings (SSSR count). The van der Waals surface area contributed by atoms with Gasteiger partial charge in [0.25, 0.3) is 0 Å². The molecule has 1 aromatic carbocycles. The maximum absolute atomic E-state index is 12.6. The number of aromatic nitrogens is 5. The molecular formula is C17H18ClN5O. The van der Waals surface area contributed by atoms with Crippen LogP contribution >= 0.6 is 11.6 Å². The van der Waals surface area contributed by atoms with Crippen molar-refractivity contribution in [1.29, 1.82) is 0 Å². The predicted octanol–water partition coefficient (Wildman–Crippen LogP) is 3.31. The zero-order valence-electron chi connectivity index (χ0n) is 13.8. The van der Waals surface area contributed by atoms with E-state index in [0.29, 0.717) is 16.4 Å². The Kier molecular flexibility index (Phi) is 4.49. The molecule has 124 valence electrons. The van der Waals surface area contributed by atoms with Crippen molar-refractivity contribution in [2.45, 2.75) is 33.9 Å². The molecule has 7 heteroatoms. The van der Waals surface area contributed by atoms with Crippen molar-refractivity contribution in [1.82, 2.24) is 24.8 Å². The van der Waals surface area contributed by atoms with E-state index in [1.165, 1.54) is 4.80 Å². The van der Waals surface area contributed by atoms with E-state index >= 15 is 0 Å². The second-order valence-corrected chi connectivity index (χ2v) is 6.04. The lowest BCUT2D eigenvalue weighted by Gasteiger charge is -2.05. The number of aryl methyl sites for hydroxylation is 1. The second-order valence-electron chi connectivity index (χ2n) is 5.61. The highest BCUT2D eigenvalue weighted by Crippen LogP contribution is 2.19. The number of benzene rings is 1. The number of tetrazole rings is 1. The molecule has 0 saturated carbocycles. The van der Waals surface area contributed by atoms with Crippen molar-refractivity contribution < 1.29 is 4.79 Å². The molecule has 2 heterocycles. The molecule has 0 aliphatic heterocycles. The third-order valence-electron chi connectivity index (χ3n) is 4.01. The predicted molar refractivity (Wildman–Crippen MR) is 92.2 cm³/mol. The van der Waals surface area contributed by atoms with Crippen LogP contribution in [-0.4, -0.2) is 30.6 Å². The summed E-state index contributed by atoms with van der Waals surface area (Å²) in [6.45, 7) is 6.91. The highest BCUT2D eigenvalue weighted by molar-refractivity contribution is 6.30. The summed E-state index contributed by atoms with van der Waals surface area (Å²) in [7, 11) is 0. The van der Waals surface area contributed by atoms with Crippen LogP contribution in [0.2, 0.25) is 5.02 Å². The average molecular weight is 344 g/mol. The Morgan fingerprint density at radius 1 is 1.25 bits per heavy atom. The molecule has 0 N–H and O–H groups in total. The SMILES string of the molecule is CCn1c(C)cc(C(=O)Cn2nnc(-c3cccc(Cl)c3)n2)c1C. The van der Waals surface area contributed by atoms with Gasteiger partial charge in [0.2, 0.25) is 5.82 Å². The standard InChI is InChI=1S/C17H18ClN5O/c1-4-22-11(2)8-15(12(22)3)16(24)10-23-20-17(19-21-23)13-6-5-7-14(18)9-13/h5-9H,4,10H2,1-3H3. The van der Waals surface area contributed by atoms with Gasteiger partial charge in [0.15, 0.2) is 5.78 Å². The van der Waals surface area contributed by atoms with Crippen LogP contribution in [0.1, 0.15) is 28.7 Å². The fraction of sp³-hybridized carbons (Fsp3) is 0.294. The molecule has 0 radical (unpaired) electrons. The summed E-state index contributed by atoms with van der Waals surface area (Å²) in [4.78, 5) is 13.9. The molecule has 0 unspecified atom stereocenters. The number of ketones is 1. The monoisotopic (exact) mass is 343 g/mol. The van der Waals surface area contributed by atoms with Gasteiger partial charge in [-0.05, 0) is 44.2 Å². The topological polar surface area (TPSA) is 65.6 Å². The quantitative estimate of drug-likeness (QED) is 0.666. The fourth-order valence-corrected chi connectivity index (χ4v) is 3.03. The first-order valence-electron chi connectivity index (χ1n) is 7.73. The highest BCUT2D eigenvalue weighted by Gasteiger charge is 2.17. The normalized spacial score (nSPS) is 11.0. The molecule has 0 aliphatic carbocycles. The molecule has 0 bridgehead atoms. The molecule has 0 fully saturated rings. The summed E-state index contributed by atoms with van der Waals surface area (Å²) < 4.78 is 2.11. The fourth-order valence-electron chi connectivity index (χ4n) is 2.84. The van der Waals surface area contributed by atoms with E-state index in [4.69, 9.17) is 11.6 Å². The van der Waals surface area contributed by atoms with E-state index < -0.39 is 0 Å². The van der Waals surface area contributed by atoms with E-state index in [1.807, 2.05) is 32.0 Å². The lowest BCUT2D eigenvalue weighted by Crippen LogP contribution is -2.14. The van der Waals surface area contributed by atoms with Crippen LogP contribution in [0.15, 0.2) is 30.3 Å². The Bertz CT molecular complexity index is 896. The van der Waals surface area contributed by atoms with Gasteiger partial charge in [-0.3, -0.25) is 4.79 Å². The number of halogens is 1. The minimum Gasteiger partial charge on any atom is -0.349 e. The van der Waals surface area contributed by atoms with Gasteiger partial charge in [-0.15, -0.1) is 10.2 Å². The van der Waals surface area contributed by atoms with Gasteiger partial charge in [0.05, 0.1) is 0 Å². The Labute approximate surface area is 145 Å². The zero-order valence-corrected chi connectivity index (χ0v) is 14.6. The molecular weight excluding hydrogens is 326 g/mol. The van der Waals surface area contributed by atoms with Gasteiger partial charge in [-0.25, -0.2) is 0 Å². The van der Waals surface area contributed by atoms with Crippen LogP contribution in [0.5, 0.6) is 0 Å². The van der Waals surface area contributed by atoms with Gasteiger partial charge in [-0.1, -0.05) is 23.7 Å². The maximum Gasteiger partial charge on any atom is 0.204 e. The molecule has 0 atom stereocenters. The molecule has 0 saturated heterocycles. The highest BCUT2D eigenvalue weighted by atomic mass is 35.5. The third kappa shape index (κ3) is 3.10. The third-order valence-corrected chi connectivity index (χ3v) is 4.25. The lowest BCUT2D eigenvalue weighted by atomic mass is 10.1. The molecule has 3 aromatic rings. The average Bonchev–Trinajstić information content (AvgIpc) is 3.12. The van der Waals surface area contributed by atoms with Gasteiger partial charge in [0.1, 0.15) is 6.54 Å². The van der Waals surface area contributed by atoms with Crippen LogP contribution in [0.25, 0.3) is 11.4 Å². The van der Waals surface area contributed by atoms with Gasteiger partial charge in [0, 0.05) is 34.1 Å². The van der Waals surface area contributed by atoms with Crippen molar-refractivity contribution in [2.75, 3.05) is 0 Å². The first-order valence-corrected chi connectivity index (χ1v) is 8.11. The Morgan fingerprint density at radius 3 is 2.71 bits per heavy atom. The molecule has 6 nitrogen and oxygen atoms in total. The van der Waals surface area contributed by atoms with Gasteiger partial charge in [-0.2, -0.15) is 4.80 Å². The Morgan fingerprint density at radius 2 is 2.04 bits per heavy atom. The molecule has 2 aromatic heterocycles. The van der Waals surface area contributed by atoms with E-state index in [0.717, 1.165) is 23.5 Å². The van der Waals surface area contributed by atoms with Crippen molar-refractivity contribution in [3.8, 4) is 11.4 Å². The van der Waals surface area contributed by atoms with Crippen LogP contribution in [-0.2, 0) is 13.1 Å². The molecule has 0 spiro atoms. The van der Waals surface area contributed by atoms with E-state index in [1.54, 1.807) is 12.1 Å². The van der Waals surface area contributed by atoms with Crippen molar-refractivity contribution in [2.24, 2.45) is 0 Å². The summed E-state index contributed by atoms with van der Waals surface area (Å²) in [6.07, 6.45) is 0. The summed E-state index contributed by atoms with van der Waals surface area (Å²) in [5.41, 5.74) is 3.51. The number of Topliss-reactive ketones (excluding diaryl/α,β-unsaturated/α-hetero) is 1. The maximum atomic E-state index is 12.6. The molecule has 24 heavy (non-hydrogen) atoms.